The van der Waals surface area contributed by atoms with Crippen molar-refractivity contribution < 1.29 is 17.9 Å². The Morgan fingerprint density at radius 2 is 1.86 bits per heavy atom. The van der Waals surface area contributed by atoms with Crippen molar-refractivity contribution in [2.75, 3.05) is 18.4 Å². The molecule has 0 aliphatic carbocycles. The van der Waals surface area contributed by atoms with Crippen molar-refractivity contribution in [1.29, 1.82) is 0 Å². The van der Waals surface area contributed by atoms with Crippen LogP contribution >= 0.6 is 11.3 Å². The van der Waals surface area contributed by atoms with Crippen LogP contribution in [0.1, 0.15) is 22.2 Å². The Kier molecular flexibility index (Phi) is 6.56. The van der Waals surface area contributed by atoms with Gasteiger partial charge in [0.25, 0.3) is 15.9 Å². The van der Waals surface area contributed by atoms with Crippen molar-refractivity contribution in [3.05, 3.63) is 76.5 Å². The Hall–Kier alpha value is -2.84. The van der Waals surface area contributed by atoms with Crippen LogP contribution in [0.5, 0.6) is 5.75 Å². The predicted octanol–water partition coefficient (Wildman–Crippen LogP) is 4.22. The van der Waals surface area contributed by atoms with E-state index in [1.165, 1.54) is 12.1 Å². The van der Waals surface area contributed by atoms with Crippen molar-refractivity contribution in [2.24, 2.45) is 0 Å². The molecule has 0 unspecified atom stereocenters. The summed E-state index contributed by atoms with van der Waals surface area (Å²) in [7, 11) is -2.13. The van der Waals surface area contributed by atoms with Gasteiger partial charge in [-0.25, -0.2) is 8.42 Å². The predicted molar refractivity (Wildman–Crippen MR) is 115 cm³/mol. The molecule has 3 aromatic rings. The van der Waals surface area contributed by atoms with Crippen LogP contribution in [0.15, 0.2) is 70.9 Å². The van der Waals surface area contributed by atoms with E-state index in [2.05, 4.69) is 4.72 Å². The van der Waals surface area contributed by atoms with E-state index in [-0.39, 0.29) is 10.8 Å². The number of sulfonamides is 1. The van der Waals surface area contributed by atoms with Gasteiger partial charge in [-0.05, 0) is 60.8 Å². The number of rotatable bonds is 8. The number of hydrogen-bond donors (Lipinski definition) is 1. The van der Waals surface area contributed by atoms with Crippen molar-refractivity contribution in [3.63, 3.8) is 0 Å². The minimum absolute atomic E-state index is 0.0294. The van der Waals surface area contributed by atoms with Crippen LogP contribution < -0.4 is 9.46 Å². The summed E-state index contributed by atoms with van der Waals surface area (Å²) in [6.07, 6.45) is 0. The Balaban J connectivity index is 1.75. The highest BCUT2D eigenvalue weighted by Crippen LogP contribution is 2.21. The minimum Gasteiger partial charge on any atom is -0.494 e. The van der Waals surface area contributed by atoms with Gasteiger partial charge in [-0.1, -0.05) is 12.1 Å². The highest BCUT2D eigenvalue weighted by molar-refractivity contribution is 7.92. The molecule has 1 aromatic heterocycles. The zero-order chi connectivity index (χ0) is 20.9. The standard InChI is InChI=1S/C21H22N2O4S2/c1-3-27-18-11-9-17(10-12-18)22-29(25,26)20-8-4-6-16(14-20)21(24)23(2)15-19-7-5-13-28-19/h4-14,22H,3,15H2,1-2H3. The van der Waals surface area contributed by atoms with Crippen LogP contribution in [0.2, 0.25) is 0 Å². The van der Waals surface area contributed by atoms with E-state index in [0.717, 1.165) is 4.88 Å². The van der Waals surface area contributed by atoms with Gasteiger partial charge >= 0.3 is 0 Å². The minimum atomic E-state index is -3.83. The van der Waals surface area contributed by atoms with Crippen LogP contribution in [0.3, 0.4) is 0 Å². The highest BCUT2D eigenvalue weighted by Gasteiger charge is 2.18. The first-order valence-corrected chi connectivity index (χ1v) is 11.4. The van der Waals surface area contributed by atoms with Gasteiger partial charge < -0.3 is 9.64 Å². The third-order valence-corrected chi connectivity index (χ3v) is 6.37. The second-order valence-electron chi connectivity index (χ2n) is 6.33. The summed E-state index contributed by atoms with van der Waals surface area (Å²) in [6.45, 7) is 2.88. The maximum atomic E-state index is 12.7. The summed E-state index contributed by atoms with van der Waals surface area (Å²) in [5.74, 6) is 0.424. The van der Waals surface area contributed by atoms with Crippen LogP contribution in [0.25, 0.3) is 0 Å². The normalized spacial score (nSPS) is 11.1. The summed E-state index contributed by atoms with van der Waals surface area (Å²) >= 11 is 1.57. The van der Waals surface area contributed by atoms with Crippen molar-refractivity contribution in [3.8, 4) is 5.75 Å². The zero-order valence-corrected chi connectivity index (χ0v) is 17.8. The first-order chi connectivity index (χ1) is 13.9. The lowest BCUT2D eigenvalue weighted by molar-refractivity contribution is 0.0786. The molecule has 6 nitrogen and oxygen atoms in total. The molecule has 0 radical (unpaired) electrons. The van der Waals surface area contributed by atoms with Crippen molar-refractivity contribution in [1.82, 2.24) is 4.90 Å². The largest absolute Gasteiger partial charge is 0.494 e. The number of nitrogens with one attached hydrogen (secondary N) is 1. The van der Waals surface area contributed by atoms with Gasteiger partial charge in [0.15, 0.2) is 0 Å². The van der Waals surface area contributed by atoms with Crippen LogP contribution in [0, 0.1) is 0 Å². The van der Waals surface area contributed by atoms with Gasteiger partial charge in [0, 0.05) is 23.2 Å². The molecule has 0 fully saturated rings. The van der Waals surface area contributed by atoms with E-state index >= 15 is 0 Å². The fourth-order valence-corrected chi connectivity index (χ4v) is 4.59. The topological polar surface area (TPSA) is 75.7 Å². The molecule has 0 saturated carbocycles. The molecular weight excluding hydrogens is 408 g/mol. The molecule has 1 heterocycles. The van der Waals surface area contributed by atoms with Gasteiger partial charge in [0.1, 0.15) is 5.75 Å². The number of nitrogens with zero attached hydrogens (tertiary/aromatic N) is 1. The first-order valence-electron chi connectivity index (χ1n) is 9.02. The fraction of sp³-hybridized carbons (Fsp3) is 0.190. The molecule has 1 N–H and O–H groups in total. The molecule has 0 bridgehead atoms. The molecule has 29 heavy (non-hydrogen) atoms. The summed E-state index contributed by atoms with van der Waals surface area (Å²) in [5, 5.41) is 1.95. The van der Waals surface area contributed by atoms with E-state index in [1.54, 1.807) is 59.7 Å². The molecule has 0 spiro atoms. The number of benzene rings is 2. The number of anilines is 1. The molecule has 8 heteroatoms. The average molecular weight is 431 g/mol. The summed E-state index contributed by atoms with van der Waals surface area (Å²) in [5.41, 5.74) is 0.735. The lowest BCUT2D eigenvalue weighted by Gasteiger charge is -2.17. The first kappa shape index (κ1) is 20.9. The number of hydrogen-bond acceptors (Lipinski definition) is 5. The maximum Gasteiger partial charge on any atom is 0.261 e. The summed E-state index contributed by atoms with van der Waals surface area (Å²) < 4.78 is 33.4. The van der Waals surface area contributed by atoms with Gasteiger partial charge in [0.2, 0.25) is 0 Å². The lowest BCUT2D eigenvalue weighted by atomic mass is 10.2. The number of amides is 1. The second kappa shape index (κ2) is 9.11. The lowest BCUT2D eigenvalue weighted by Crippen LogP contribution is -2.26. The Labute approximate surface area is 174 Å². The molecule has 0 aliphatic heterocycles. The number of carbonyl (C=O) groups is 1. The van der Waals surface area contributed by atoms with Gasteiger partial charge in [0.05, 0.1) is 18.0 Å². The van der Waals surface area contributed by atoms with Crippen LogP contribution in [-0.4, -0.2) is 32.9 Å². The second-order valence-corrected chi connectivity index (χ2v) is 9.05. The van der Waals surface area contributed by atoms with Gasteiger partial charge in [-0.15, -0.1) is 11.3 Å². The van der Waals surface area contributed by atoms with Crippen molar-refractivity contribution >= 4 is 33.0 Å². The van der Waals surface area contributed by atoms with E-state index < -0.39 is 10.0 Å². The van der Waals surface area contributed by atoms with E-state index in [1.807, 2.05) is 24.4 Å². The van der Waals surface area contributed by atoms with Gasteiger partial charge in [-0.3, -0.25) is 9.52 Å². The quantitative estimate of drug-likeness (QED) is 0.581. The smallest absolute Gasteiger partial charge is 0.261 e. The highest BCUT2D eigenvalue weighted by atomic mass is 32.2. The van der Waals surface area contributed by atoms with Gasteiger partial charge in [-0.2, -0.15) is 0 Å². The Morgan fingerprint density at radius 3 is 2.52 bits per heavy atom. The SMILES string of the molecule is CCOc1ccc(NS(=O)(=O)c2cccc(C(=O)N(C)Cc3cccs3)c2)cc1. The fourth-order valence-electron chi connectivity index (χ4n) is 2.72. The monoisotopic (exact) mass is 430 g/mol. The molecule has 3 rings (SSSR count). The molecule has 2 aromatic carbocycles. The van der Waals surface area contributed by atoms with E-state index in [9.17, 15) is 13.2 Å². The Morgan fingerprint density at radius 1 is 1.10 bits per heavy atom. The van der Waals surface area contributed by atoms with Crippen LogP contribution in [-0.2, 0) is 16.6 Å². The van der Waals surface area contributed by atoms with E-state index in [0.29, 0.717) is 30.2 Å². The number of carbonyl (C=O) groups excluding carboxylic acids is 1. The Bertz CT molecular complexity index is 1060. The molecular formula is C21H22N2O4S2. The number of ether oxygens (including phenoxy) is 1. The average Bonchev–Trinajstić information content (AvgIpc) is 3.22. The van der Waals surface area contributed by atoms with Crippen LogP contribution in [0.4, 0.5) is 5.69 Å². The van der Waals surface area contributed by atoms with Crippen molar-refractivity contribution in [2.45, 2.75) is 18.4 Å². The summed E-state index contributed by atoms with van der Waals surface area (Å²) in [6, 6.07) is 16.6. The third kappa shape index (κ3) is 5.36. The third-order valence-electron chi connectivity index (χ3n) is 4.13. The maximum absolute atomic E-state index is 12.7. The molecule has 0 atom stereocenters. The number of thiophene rings is 1. The molecule has 152 valence electrons. The molecule has 0 saturated heterocycles. The molecule has 1 amide bonds. The molecule has 0 aliphatic rings. The summed E-state index contributed by atoms with van der Waals surface area (Å²) in [4.78, 5) is 15.4. The zero-order valence-electron chi connectivity index (χ0n) is 16.2. The van der Waals surface area contributed by atoms with E-state index in [4.69, 9.17) is 4.74 Å².